The van der Waals surface area contributed by atoms with Crippen LogP contribution in [0, 0.1) is 11.3 Å². The van der Waals surface area contributed by atoms with Crippen LogP contribution in [0.2, 0.25) is 0 Å². The third kappa shape index (κ3) is 2.88. The van der Waals surface area contributed by atoms with E-state index in [1.54, 1.807) is 24.3 Å². The Labute approximate surface area is 109 Å². The van der Waals surface area contributed by atoms with Gasteiger partial charge >= 0.3 is 0 Å². The molecular formula is C12H11N4OS. The van der Waals surface area contributed by atoms with Crippen LogP contribution < -0.4 is 10.9 Å². The van der Waals surface area contributed by atoms with Crippen LogP contribution in [-0.4, -0.2) is 16.4 Å². The Kier molecular flexibility index (Phi) is 3.97. The van der Waals surface area contributed by atoms with Crippen LogP contribution in [-0.2, 0) is 0 Å². The molecule has 1 fully saturated rings. The van der Waals surface area contributed by atoms with Gasteiger partial charge in [-0.2, -0.15) is 21.1 Å². The molecule has 91 valence electrons. The van der Waals surface area contributed by atoms with Crippen molar-refractivity contribution in [2.45, 2.75) is 18.7 Å². The van der Waals surface area contributed by atoms with Crippen LogP contribution in [0.4, 0.5) is 0 Å². The van der Waals surface area contributed by atoms with E-state index in [0.29, 0.717) is 16.3 Å². The zero-order chi connectivity index (χ0) is 13.0. The average molecular weight is 259 g/mol. The minimum atomic E-state index is -0.343. The quantitative estimate of drug-likeness (QED) is 0.875. The van der Waals surface area contributed by atoms with Crippen molar-refractivity contribution in [3.8, 4) is 6.07 Å². The molecule has 1 aliphatic rings. The summed E-state index contributed by atoms with van der Waals surface area (Å²) in [5.74, 6) is -0.343. The number of nitrogens with zero attached hydrogens (tertiary/aromatic N) is 3. The smallest absolute Gasteiger partial charge is 0.267 e. The molecule has 1 aliphatic heterocycles. The molecule has 1 radical (unpaired) electrons. The van der Waals surface area contributed by atoms with Crippen LogP contribution in [0.25, 0.3) is 0 Å². The molecule has 0 saturated carbocycles. The first kappa shape index (κ1) is 12.6. The van der Waals surface area contributed by atoms with Crippen molar-refractivity contribution in [3.63, 3.8) is 0 Å². The minimum absolute atomic E-state index is 0.192. The number of carbonyl (C=O) groups is 1. The number of aliphatic imine (C=N–C) groups is 1. The Morgan fingerprint density at radius 3 is 2.83 bits per heavy atom. The maximum Gasteiger partial charge on any atom is 0.279 e. The first-order valence-corrected chi connectivity index (χ1v) is 6.37. The van der Waals surface area contributed by atoms with Gasteiger partial charge in [0.05, 0.1) is 17.0 Å². The van der Waals surface area contributed by atoms with Gasteiger partial charge in [0.2, 0.25) is 5.17 Å². The lowest BCUT2D eigenvalue weighted by Crippen LogP contribution is -2.24. The fraction of sp³-hybridized carbons (Fsp3) is 0.250. The number of carbonyl (C=O) groups excluding carboxylic acids is 1. The first-order chi connectivity index (χ1) is 8.72. The van der Waals surface area contributed by atoms with E-state index >= 15 is 0 Å². The van der Waals surface area contributed by atoms with Gasteiger partial charge in [-0.1, -0.05) is 18.7 Å². The highest BCUT2D eigenvalue weighted by Crippen LogP contribution is 2.18. The molecule has 0 spiro atoms. The number of amidine groups is 1. The third-order valence-electron chi connectivity index (χ3n) is 2.38. The van der Waals surface area contributed by atoms with Crippen LogP contribution >= 0.6 is 11.8 Å². The maximum atomic E-state index is 11.8. The highest BCUT2D eigenvalue weighted by molar-refractivity contribution is 8.14. The van der Waals surface area contributed by atoms with Crippen molar-refractivity contribution >= 4 is 22.8 Å². The molecule has 1 atom stereocenters. The summed E-state index contributed by atoms with van der Waals surface area (Å²) in [4.78, 5) is 15.8. The molecule has 2 rings (SSSR count). The van der Waals surface area contributed by atoms with E-state index in [0.717, 1.165) is 6.42 Å². The van der Waals surface area contributed by atoms with Gasteiger partial charge in [-0.3, -0.25) is 4.79 Å². The molecule has 1 N–H and O–H groups in total. The second-order valence-corrected chi connectivity index (χ2v) is 4.81. The third-order valence-corrected chi connectivity index (χ3v) is 3.50. The molecule has 1 amide bonds. The number of rotatable bonds is 2. The maximum absolute atomic E-state index is 11.8. The molecule has 0 aliphatic carbocycles. The minimum Gasteiger partial charge on any atom is -0.267 e. The molecule has 18 heavy (non-hydrogen) atoms. The van der Waals surface area contributed by atoms with Crippen LogP contribution in [0.3, 0.4) is 0 Å². The lowest BCUT2D eigenvalue weighted by atomic mass is 10.1. The molecule has 1 heterocycles. The number of hydrogen-bond donors (Lipinski definition) is 1. The zero-order valence-electron chi connectivity index (χ0n) is 9.75. The van der Waals surface area contributed by atoms with Gasteiger partial charge in [-0.25, -0.2) is 0 Å². The molecule has 6 heteroatoms. The van der Waals surface area contributed by atoms with Crippen molar-refractivity contribution in [1.29, 1.82) is 5.26 Å². The molecule has 1 unspecified atom stereocenters. The summed E-state index contributed by atoms with van der Waals surface area (Å²) in [5.41, 5.74) is 7.85. The van der Waals surface area contributed by atoms with Gasteiger partial charge in [-0.15, -0.1) is 0 Å². The predicted molar refractivity (Wildman–Crippen MR) is 69.9 cm³/mol. The topological polar surface area (TPSA) is 79.3 Å². The molecule has 1 aromatic rings. The number of nitriles is 1. The monoisotopic (exact) mass is 259 g/mol. The number of benzene rings is 1. The second-order valence-electron chi connectivity index (χ2n) is 3.64. The van der Waals surface area contributed by atoms with Crippen LogP contribution in [0.1, 0.15) is 29.3 Å². The van der Waals surface area contributed by atoms with Crippen LogP contribution in [0.15, 0.2) is 29.3 Å². The molecule has 0 aromatic heterocycles. The molecular weight excluding hydrogens is 248 g/mol. The summed E-state index contributed by atoms with van der Waals surface area (Å²) < 4.78 is 0. The Morgan fingerprint density at radius 2 is 2.28 bits per heavy atom. The highest BCUT2D eigenvalue weighted by atomic mass is 32.2. The predicted octanol–water partition coefficient (Wildman–Crippen LogP) is 1.65. The average Bonchev–Trinajstić information content (AvgIpc) is 2.86. The summed E-state index contributed by atoms with van der Waals surface area (Å²) in [6, 6.07) is 8.38. The highest BCUT2D eigenvalue weighted by Gasteiger charge is 2.21. The summed E-state index contributed by atoms with van der Waals surface area (Å²) in [6.07, 6.45) is 0.915. The Bertz CT molecular complexity index is 518. The number of hydrogen-bond acceptors (Lipinski definition) is 4. The van der Waals surface area contributed by atoms with Gasteiger partial charge in [0.15, 0.2) is 0 Å². The van der Waals surface area contributed by atoms with Gasteiger partial charge in [0.25, 0.3) is 5.91 Å². The van der Waals surface area contributed by atoms with Gasteiger partial charge < -0.3 is 0 Å². The largest absolute Gasteiger partial charge is 0.279 e. The lowest BCUT2D eigenvalue weighted by Gasteiger charge is -1.98. The normalized spacial score (nSPS) is 20.4. The molecule has 5 nitrogen and oxygen atoms in total. The number of nitrogens with one attached hydrogen (secondary N) is 1. The Hall–Kier alpha value is -1.84. The van der Waals surface area contributed by atoms with Crippen molar-refractivity contribution in [3.05, 3.63) is 35.4 Å². The summed E-state index contributed by atoms with van der Waals surface area (Å²) in [7, 11) is 0. The van der Waals surface area contributed by atoms with E-state index in [2.05, 4.69) is 15.8 Å². The van der Waals surface area contributed by atoms with Crippen molar-refractivity contribution in [2.75, 3.05) is 0 Å². The Morgan fingerprint density at radius 1 is 1.56 bits per heavy atom. The SMILES string of the molecule is CCC1N[N]C(=NC(=O)c2ccc(C#N)cc2)S1. The molecule has 1 aromatic carbocycles. The van der Waals surface area contributed by atoms with E-state index in [1.807, 2.05) is 13.0 Å². The van der Waals surface area contributed by atoms with Gasteiger partial charge in [0.1, 0.15) is 0 Å². The van der Waals surface area contributed by atoms with Crippen molar-refractivity contribution < 1.29 is 4.79 Å². The zero-order valence-corrected chi connectivity index (χ0v) is 10.6. The summed E-state index contributed by atoms with van der Waals surface area (Å²) >= 11 is 1.44. The van der Waals surface area contributed by atoms with E-state index in [1.165, 1.54) is 11.8 Å². The molecule has 0 bridgehead atoms. The van der Waals surface area contributed by atoms with E-state index < -0.39 is 0 Å². The first-order valence-electron chi connectivity index (χ1n) is 5.49. The van der Waals surface area contributed by atoms with E-state index in [-0.39, 0.29) is 11.3 Å². The second kappa shape index (κ2) is 5.67. The fourth-order valence-electron chi connectivity index (χ4n) is 1.37. The Balaban J connectivity index is 2.08. The fourth-order valence-corrected chi connectivity index (χ4v) is 2.14. The van der Waals surface area contributed by atoms with E-state index in [4.69, 9.17) is 5.26 Å². The van der Waals surface area contributed by atoms with Gasteiger partial charge in [0, 0.05) is 5.56 Å². The van der Waals surface area contributed by atoms with Crippen LogP contribution in [0.5, 0.6) is 0 Å². The standard InChI is InChI=1S/C12H11N4OS/c1-2-10-15-16-12(18-10)14-11(17)9-5-3-8(7-13)4-6-9/h3-6,10,15H,2H2,1H3. The van der Waals surface area contributed by atoms with E-state index in [9.17, 15) is 4.79 Å². The lowest BCUT2D eigenvalue weighted by molar-refractivity contribution is 0.100. The number of thioether (sulfide) groups is 1. The summed E-state index contributed by atoms with van der Waals surface area (Å²) in [5, 5.41) is 9.31. The summed E-state index contributed by atoms with van der Waals surface area (Å²) in [6.45, 7) is 2.03. The van der Waals surface area contributed by atoms with Gasteiger partial charge in [-0.05, 0) is 30.7 Å². The molecule has 1 saturated heterocycles. The number of amides is 1. The van der Waals surface area contributed by atoms with Crippen molar-refractivity contribution in [1.82, 2.24) is 10.9 Å². The van der Waals surface area contributed by atoms with Crippen molar-refractivity contribution in [2.24, 2.45) is 4.99 Å².